The van der Waals surface area contributed by atoms with Crippen LogP contribution in [0.3, 0.4) is 0 Å². The van der Waals surface area contributed by atoms with Crippen molar-refractivity contribution in [3.05, 3.63) is 70.3 Å². The molecule has 3 aromatic rings. The van der Waals surface area contributed by atoms with Gasteiger partial charge < -0.3 is 15.1 Å². The fourth-order valence-corrected chi connectivity index (χ4v) is 3.63. The smallest absolute Gasteiger partial charge is 0.362 e. The number of para-hydroxylation sites is 1. The quantitative estimate of drug-likeness (QED) is 0.551. The van der Waals surface area contributed by atoms with Crippen LogP contribution in [0.15, 0.2) is 57.7 Å². The summed E-state index contributed by atoms with van der Waals surface area (Å²) in [4.78, 5) is 25.0. The van der Waals surface area contributed by atoms with Crippen LogP contribution >= 0.6 is 0 Å². The molecule has 0 spiro atoms. The fraction of sp³-hybridized carbons (Fsp3) is 0.273. The average molecular weight is 395 g/mol. The van der Waals surface area contributed by atoms with E-state index in [1.807, 2.05) is 12.1 Å². The van der Waals surface area contributed by atoms with E-state index in [9.17, 15) is 14.0 Å². The summed E-state index contributed by atoms with van der Waals surface area (Å²) in [5, 5.41) is 9.49. The number of hydrogen-bond acceptors (Lipinski definition) is 4. The van der Waals surface area contributed by atoms with Gasteiger partial charge in [0, 0.05) is 18.0 Å². The number of anilines is 2. The zero-order chi connectivity index (χ0) is 20.2. The number of amides is 2. The van der Waals surface area contributed by atoms with Crippen LogP contribution in [0.25, 0.3) is 11.0 Å². The number of hydrogen-bond donors (Lipinski definition) is 3. The van der Waals surface area contributed by atoms with E-state index in [0.29, 0.717) is 11.3 Å². The number of fused-ring (bicyclic) bond motifs is 1. The third-order valence-corrected chi connectivity index (χ3v) is 5.12. The van der Waals surface area contributed by atoms with Crippen molar-refractivity contribution < 1.29 is 13.6 Å². The normalized spacial score (nSPS) is 14.1. The monoisotopic (exact) mass is 395 g/mol. The minimum atomic E-state index is -0.610. The van der Waals surface area contributed by atoms with Crippen LogP contribution in [0.2, 0.25) is 0 Å². The maximum absolute atomic E-state index is 13.0. The van der Waals surface area contributed by atoms with Gasteiger partial charge in [0.1, 0.15) is 11.4 Å². The Bertz CT molecular complexity index is 1070. The minimum absolute atomic E-state index is 0.0900. The number of halogens is 1. The third-order valence-electron chi connectivity index (χ3n) is 5.12. The second-order valence-electron chi connectivity index (χ2n) is 7.20. The van der Waals surface area contributed by atoms with E-state index in [4.69, 9.17) is 4.42 Å². The lowest BCUT2D eigenvalue weighted by Gasteiger charge is -2.18. The molecular weight excluding hydrogens is 373 g/mol. The largest absolute Gasteiger partial charge is 0.421 e. The molecule has 7 heteroatoms. The van der Waals surface area contributed by atoms with Crippen molar-refractivity contribution in [3.63, 3.8) is 0 Å². The summed E-state index contributed by atoms with van der Waals surface area (Å²) in [5.74, 6) is -0.338. The van der Waals surface area contributed by atoms with Crippen molar-refractivity contribution in [2.24, 2.45) is 0 Å². The first-order chi connectivity index (χ1) is 14.1. The number of carbonyl (C=O) groups excluding carboxylic acids is 1. The second kappa shape index (κ2) is 8.34. The van der Waals surface area contributed by atoms with E-state index < -0.39 is 11.7 Å². The molecule has 29 heavy (non-hydrogen) atoms. The lowest BCUT2D eigenvalue weighted by atomic mass is 10.1. The lowest BCUT2D eigenvalue weighted by molar-refractivity contribution is 0.251. The standard InChI is InChI=1S/C22H22FN3O3/c23-15-11-9-14(10-12-15)13-24-22(28)26-20-19(25-16-5-1-2-6-16)17-7-3-4-8-18(17)29-21(20)27/h3-4,7-12,16,25H,1-2,5-6,13H2,(H2,24,26,28). The summed E-state index contributed by atoms with van der Waals surface area (Å²) < 4.78 is 18.4. The zero-order valence-corrected chi connectivity index (χ0v) is 15.8. The fourth-order valence-electron chi connectivity index (χ4n) is 3.63. The molecule has 1 heterocycles. The van der Waals surface area contributed by atoms with Gasteiger partial charge in [0.2, 0.25) is 0 Å². The predicted octanol–water partition coefficient (Wildman–Crippen LogP) is 4.61. The van der Waals surface area contributed by atoms with Crippen LogP contribution in [0.1, 0.15) is 31.2 Å². The molecule has 1 fully saturated rings. The van der Waals surface area contributed by atoms with Gasteiger partial charge in [-0.25, -0.2) is 14.0 Å². The van der Waals surface area contributed by atoms with Gasteiger partial charge >= 0.3 is 11.7 Å². The highest BCUT2D eigenvalue weighted by atomic mass is 19.1. The van der Waals surface area contributed by atoms with Gasteiger partial charge in [0.25, 0.3) is 0 Å². The maximum atomic E-state index is 13.0. The van der Waals surface area contributed by atoms with Crippen LogP contribution < -0.4 is 21.6 Å². The van der Waals surface area contributed by atoms with Crippen LogP contribution in [0, 0.1) is 5.82 Å². The number of benzene rings is 2. The molecule has 0 radical (unpaired) electrons. The van der Waals surface area contributed by atoms with E-state index in [1.54, 1.807) is 24.3 Å². The molecule has 3 N–H and O–H groups in total. The summed E-state index contributed by atoms with van der Waals surface area (Å²) in [6.45, 7) is 0.205. The molecular formula is C22H22FN3O3. The van der Waals surface area contributed by atoms with Crippen LogP contribution in [-0.2, 0) is 6.54 Å². The van der Waals surface area contributed by atoms with Gasteiger partial charge in [-0.1, -0.05) is 37.1 Å². The molecule has 1 aliphatic carbocycles. The summed E-state index contributed by atoms with van der Waals surface area (Å²) in [7, 11) is 0. The lowest BCUT2D eigenvalue weighted by Crippen LogP contribution is -2.31. The molecule has 0 aliphatic heterocycles. The first kappa shape index (κ1) is 19.0. The van der Waals surface area contributed by atoms with Crippen LogP contribution in [0.5, 0.6) is 0 Å². The molecule has 150 valence electrons. The minimum Gasteiger partial charge on any atom is -0.421 e. The molecule has 0 saturated heterocycles. The highest BCUT2D eigenvalue weighted by molar-refractivity contribution is 6.01. The summed E-state index contributed by atoms with van der Waals surface area (Å²) >= 11 is 0. The average Bonchev–Trinajstić information content (AvgIpc) is 3.23. The Hall–Kier alpha value is -3.35. The van der Waals surface area contributed by atoms with Gasteiger partial charge in [-0.15, -0.1) is 0 Å². The predicted molar refractivity (Wildman–Crippen MR) is 111 cm³/mol. The van der Waals surface area contributed by atoms with Crippen molar-refractivity contribution in [1.29, 1.82) is 0 Å². The van der Waals surface area contributed by atoms with E-state index in [2.05, 4.69) is 16.0 Å². The highest BCUT2D eigenvalue weighted by Gasteiger charge is 2.21. The molecule has 0 unspecified atom stereocenters. The summed E-state index contributed by atoms with van der Waals surface area (Å²) in [5.41, 5.74) is 1.28. The Labute approximate surface area is 167 Å². The molecule has 0 atom stereocenters. The van der Waals surface area contributed by atoms with Gasteiger partial charge in [-0.05, 0) is 42.7 Å². The number of urea groups is 1. The van der Waals surface area contributed by atoms with Crippen molar-refractivity contribution in [2.45, 2.75) is 38.3 Å². The Morgan fingerprint density at radius 2 is 1.76 bits per heavy atom. The molecule has 1 aliphatic rings. The first-order valence-corrected chi connectivity index (χ1v) is 9.72. The van der Waals surface area contributed by atoms with E-state index in [0.717, 1.165) is 36.6 Å². The van der Waals surface area contributed by atoms with Crippen LogP contribution in [-0.4, -0.2) is 12.1 Å². The van der Waals surface area contributed by atoms with E-state index >= 15 is 0 Å². The Balaban J connectivity index is 1.58. The Morgan fingerprint density at radius 3 is 2.52 bits per heavy atom. The molecule has 4 rings (SSSR count). The maximum Gasteiger partial charge on any atom is 0.362 e. The molecule has 2 amide bonds. The van der Waals surface area contributed by atoms with Crippen molar-refractivity contribution in [1.82, 2.24) is 5.32 Å². The number of nitrogens with one attached hydrogen (secondary N) is 3. The van der Waals surface area contributed by atoms with E-state index in [1.165, 1.54) is 12.1 Å². The first-order valence-electron chi connectivity index (χ1n) is 9.72. The second-order valence-corrected chi connectivity index (χ2v) is 7.20. The molecule has 0 bridgehead atoms. The molecule has 6 nitrogen and oxygen atoms in total. The third kappa shape index (κ3) is 4.39. The summed E-state index contributed by atoms with van der Waals surface area (Å²) in [6.07, 6.45) is 4.31. The SMILES string of the molecule is O=C(NCc1ccc(F)cc1)Nc1c(NC2CCCC2)c2ccccc2oc1=O. The van der Waals surface area contributed by atoms with Gasteiger partial charge in [-0.2, -0.15) is 0 Å². The van der Waals surface area contributed by atoms with Crippen molar-refractivity contribution in [2.75, 3.05) is 10.6 Å². The van der Waals surface area contributed by atoms with Gasteiger partial charge in [0.05, 0.1) is 5.69 Å². The molecule has 1 saturated carbocycles. The summed E-state index contributed by atoms with van der Waals surface area (Å²) in [6, 6.07) is 12.8. The number of rotatable bonds is 5. The van der Waals surface area contributed by atoms with E-state index in [-0.39, 0.29) is 24.1 Å². The van der Waals surface area contributed by atoms with Gasteiger partial charge in [-0.3, -0.25) is 5.32 Å². The van der Waals surface area contributed by atoms with Crippen LogP contribution in [0.4, 0.5) is 20.6 Å². The van der Waals surface area contributed by atoms with Crippen molar-refractivity contribution >= 4 is 28.4 Å². The number of carbonyl (C=O) groups is 1. The molecule has 2 aromatic carbocycles. The highest BCUT2D eigenvalue weighted by Crippen LogP contribution is 2.32. The Kier molecular flexibility index (Phi) is 5.46. The Morgan fingerprint density at radius 1 is 1.03 bits per heavy atom. The molecule has 1 aromatic heterocycles. The van der Waals surface area contributed by atoms with Gasteiger partial charge in [0.15, 0.2) is 5.69 Å². The topological polar surface area (TPSA) is 83.4 Å². The zero-order valence-electron chi connectivity index (χ0n) is 15.8. The van der Waals surface area contributed by atoms with Crippen molar-refractivity contribution in [3.8, 4) is 0 Å².